The van der Waals surface area contributed by atoms with E-state index in [1.807, 2.05) is 0 Å². The molecule has 0 saturated heterocycles. The molecular formula is C10H23NO. The van der Waals surface area contributed by atoms with Gasteiger partial charge in [-0.05, 0) is 19.3 Å². The summed E-state index contributed by atoms with van der Waals surface area (Å²) in [7, 11) is 0. The summed E-state index contributed by atoms with van der Waals surface area (Å²) in [5.74, 6) is 0. The van der Waals surface area contributed by atoms with E-state index in [1.54, 1.807) is 0 Å². The lowest BCUT2D eigenvalue weighted by molar-refractivity contribution is 0.223. The van der Waals surface area contributed by atoms with Gasteiger partial charge in [0, 0.05) is 12.1 Å². The van der Waals surface area contributed by atoms with E-state index in [2.05, 4.69) is 26.1 Å². The Morgan fingerprint density at radius 2 is 1.67 bits per heavy atom. The molecule has 2 unspecified atom stereocenters. The predicted molar refractivity (Wildman–Crippen MR) is 53.3 cm³/mol. The van der Waals surface area contributed by atoms with Crippen LogP contribution in [0.4, 0.5) is 0 Å². The molecule has 74 valence electrons. The normalized spacial score (nSPS) is 16.0. The Hall–Kier alpha value is -0.0800. The second-order valence-electron chi connectivity index (χ2n) is 3.35. The monoisotopic (exact) mass is 173 g/mol. The summed E-state index contributed by atoms with van der Waals surface area (Å²) in [4.78, 5) is 0. The molecule has 0 radical (unpaired) electrons. The van der Waals surface area contributed by atoms with Crippen molar-refractivity contribution in [3.63, 3.8) is 0 Å². The minimum atomic E-state index is 0.261. The SMILES string of the molecule is CCCC(CC)NC(CC)CO. The van der Waals surface area contributed by atoms with Crippen LogP contribution in [0.3, 0.4) is 0 Å². The van der Waals surface area contributed by atoms with Crippen LogP contribution >= 0.6 is 0 Å². The van der Waals surface area contributed by atoms with Gasteiger partial charge in [-0.2, -0.15) is 0 Å². The van der Waals surface area contributed by atoms with Crippen molar-refractivity contribution in [1.29, 1.82) is 0 Å². The smallest absolute Gasteiger partial charge is 0.0584 e. The Labute approximate surface area is 76.4 Å². The van der Waals surface area contributed by atoms with Gasteiger partial charge in [-0.15, -0.1) is 0 Å². The minimum absolute atomic E-state index is 0.261. The lowest BCUT2D eigenvalue weighted by Gasteiger charge is -2.22. The van der Waals surface area contributed by atoms with Crippen LogP contribution in [-0.2, 0) is 0 Å². The zero-order chi connectivity index (χ0) is 9.40. The van der Waals surface area contributed by atoms with Crippen molar-refractivity contribution in [2.45, 2.75) is 58.5 Å². The molecule has 0 rings (SSSR count). The molecule has 0 fully saturated rings. The van der Waals surface area contributed by atoms with Gasteiger partial charge < -0.3 is 10.4 Å². The van der Waals surface area contributed by atoms with Gasteiger partial charge in [0.2, 0.25) is 0 Å². The number of nitrogens with one attached hydrogen (secondary N) is 1. The van der Waals surface area contributed by atoms with E-state index < -0.39 is 0 Å². The molecule has 0 heterocycles. The summed E-state index contributed by atoms with van der Waals surface area (Å²) >= 11 is 0. The third kappa shape index (κ3) is 4.73. The number of aliphatic hydroxyl groups excluding tert-OH is 1. The Morgan fingerprint density at radius 1 is 1.08 bits per heavy atom. The number of rotatable bonds is 7. The molecule has 12 heavy (non-hydrogen) atoms. The molecule has 0 amide bonds. The van der Waals surface area contributed by atoms with E-state index in [9.17, 15) is 0 Å². The first kappa shape index (κ1) is 11.9. The Kier molecular flexibility index (Phi) is 7.51. The van der Waals surface area contributed by atoms with Gasteiger partial charge >= 0.3 is 0 Å². The summed E-state index contributed by atoms with van der Waals surface area (Å²) in [6, 6.07) is 0.883. The number of hydrogen-bond donors (Lipinski definition) is 2. The highest BCUT2D eigenvalue weighted by Gasteiger charge is 2.09. The van der Waals surface area contributed by atoms with Crippen molar-refractivity contribution in [3.05, 3.63) is 0 Å². The van der Waals surface area contributed by atoms with Gasteiger partial charge in [-0.3, -0.25) is 0 Å². The van der Waals surface area contributed by atoms with Crippen LogP contribution in [0.25, 0.3) is 0 Å². The van der Waals surface area contributed by atoms with Gasteiger partial charge in [0.25, 0.3) is 0 Å². The standard InChI is InChI=1S/C10H23NO/c1-4-7-9(5-2)11-10(6-3)8-12/h9-12H,4-8H2,1-3H3. The fourth-order valence-corrected chi connectivity index (χ4v) is 1.39. The molecular weight excluding hydrogens is 150 g/mol. The summed E-state index contributed by atoms with van der Waals surface area (Å²) in [6.07, 6.45) is 4.60. The molecule has 2 nitrogen and oxygen atoms in total. The first-order valence-corrected chi connectivity index (χ1v) is 5.15. The van der Waals surface area contributed by atoms with Crippen LogP contribution in [-0.4, -0.2) is 23.8 Å². The lowest BCUT2D eigenvalue weighted by atomic mass is 10.1. The van der Waals surface area contributed by atoms with E-state index in [0.717, 1.165) is 12.8 Å². The fraction of sp³-hybridized carbons (Fsp3) is 1.00. The number of aliphatic hydroxyl groups is 1. The van der Waals surface area contributed by atoms with Crippen molar-refractivity contribution in [2.24, 2.45) is 0 Å². The Bertz CT molecular complexity index is 91.8. The second kappa shape index (κ2) is 7.56. The maximum atomic E-state index is 8.98. The highest BCUT2D eigenvalue weighted by molar-refractivity contribution is 4.71. The summed E-state index contributed by atoms with van der Waals surface area (Å²) in [5, 5.41) is 12.4. The van der Waals surface area contributed by atoms with E-state index in [-0.39, 0.29) is 6.61 Å². The molecule has 0 aromatic heterocycles. The molecule has 0 aliphatic carbocycles. The molecule has 0 aliphatic rings. The largest absolute Gasteiger partial charge is 0.395 e. The Morgan fingerprint density at radius 3 is 2.00 bits per heavy atom. The highest BCUT2D eigenvalue weighted by Crippen LogP contribution is 2.03. The molecule has 0 bridgehead atoms. The summed E-state index contributed by atoms with van der Waals surface area (Å²) in [5.41, 5.74) is 0. The third-order valence-electron chi connectivity index (χ3n) is 2.31. The van der Waals surface area contributed by atoms with Crippen LogP contribution in [0.15, 0.2) is 0 Å². The Balaban J connectivity index is 3.65. The number of hydrogen-bond acceptors (Lipinski definition) is 2. The molecule has 0 saturated carbocycles. The van der Waals surface area contributed by atoms with Crippen LogP contribution < -0.4 is 5.32 Å². The molecule has 0 aliphatic heterocycles. The molecule has 0 spiro atoms. The quantitative estimate of drug-likeness (QED) is 0.616. The lowest BCUT2D eigenvalue weighted by Crippen LogP contribution is -2.39. The van der Waals surface area contributed by atoms with Crippen molar-refractivity contribution >= 4 is 0 Å². The van der Waals surface area contributed by atoms with Gasteiger partial charge in [0.15, 0.2) is 0 Å². The molecule has 2 N–H and O–H groups in total. The van der Waals surface area contributed by atoms with Crippen LogP contribution in [0, 0.1) is 0 Å². The van der Waals surface area contributed by atoms with Crippen LogP contribution in [0.1, 0.15) is 46.5 Å². The molecule has 0 aromatic rings. The van der Waals surface area contributed by atoms with E-state index >= 15 is 0 Å². The average Bonchev–Trinajstić information content (AvgIpc) is 2.12. The zero-order valence-corrected chi connectivity index (χ0v) is 8.64. The average molecular weight is 173 g/mol. The first-order chi connectivity index (χ1) is 5.78. The zero-order valence-electron chi connectivity index (χ0n) is 8.64. The summed E-state index contributed by atoms with van der Waals surface area (Å²) < 4.78 is 0. The van der Waals surface area contributed by atoms with Crippen molar-refractivity contribution < 1.29 is 5.11 Å². The van der Waals surface area contributed by atoms with Crippen LogP contribution in [0.5, 0.6) is 0 Å². The summed E-state index contributed by atoms with van der Waals surface area (Å²) in [6.45, 7) is 6.75. The van der Waals surface area contributed by atoms with Crippen molar-refractivity contribution in [1.82, 2.24) is 5.32 Å². The van der Waals surface area contributed by atoms with E-state index in [4.69, 9.17) is 5.11 Å². The molecule has 2 atom stereocenters. The minimum Gasteiger partial charge on any atom is -0.395 e. The third-order valence-corrected chi connectivity index (χ3v) is 2.31. The molecule has 2 heteroatoms. The topological polar surface area (TPSA) is 32.3 Å². The van der Waals surface area contributed by atoms with Gasteiger partial charge in [-0.1, -0.05) is 27.2 Å². The fourth-order valence-electron chi connectivity index (χ4n) is 1.39. The molecule has 0 aromatic carbocycles. The van der Waals surface area contributed by atoms with Crippen LogP contribution in [0.2, 0.25) is 0 Å². The van der Waals surface area contributed by atoms with Gasteiger partial charge in [0.1, 0.15) is 0 Å². The van der Waals surface area contributed by atoms with Gasteiger partial charge in [0.05, 0.1) is 6.61 Å². The van der Waals surface area contributed by atoms with Crippen molar-refractivity contribution in [2.75, 3.05) is 6.61 Å². The van der Waals surface area contributed by atoms with Crippen molar-refractivity contribution in [3.8, 4) is 0 Å². The maximum absolute atomic E-state index is 8.98. The van der Waals surface area contributed by atoms with E-state index in [1.165, 1.54) is 12.8 Å². The predicted octanol–water partition coefficient (Wildman–Crippen LogP) is 1.93. The van der Waals surface area contributed by atoms with E-state index in [0.29, 0.717) is 12.1 Å². The highest BCUT2D eigenvalue weighted by atomic mass is 16.3. The van der Waals surface area contributed by atoms with Gasteiger partial charge in [-0.25, -0.2) is 0 Å². The second-order valence-corrected chi connectivity index (χ2v) is 3.35. The first-order valence-electron chi connectivity index (χ1n) is 5.15. The maximum Gasteiger partial charge on any atom is 0.0584 e.